The first-order valence-electron chi connectivity index (χ1n) is 10.2. The molecule has 1 aromatic carbocycles. The Morgan fingerprint density at radius 1 is 1.31 bits per heavy atom. The predicted octanol–water partition coefficient (Wildman–Crippen LogP) is 4.21. The lowest BCUT2D eigenvalue weighted by molar-refractivity contribution is -0.141. The van der Waals surface area contributed by atoms with E-state index in [-0.39, 0.29) is 36.8 Å². The maximum absolute atomic E-state index is 14.6. The van der Waals surface area contributed by atoms with Crippen LogP contribution >= 0.6 is 0 Å². The molecule has 0 spiro atoms. The van der Waals surface area contributed by atoms with Gasteiger partial charge in [-0.05, 0) is 31.6 Å². The zero-order chi connectivity index (χ0) is 21.0. The molecule has 1 heterocycles. The van der Waals surface area contributed by atoms with E-state index in [1.54, 1.807) is 36.4 Å². The van der Waals surface area contributed by atoms with Gasteiger partial charge in [-0.2, -0.15) is 0 Å². The number of ketones is 1. The van der Waals surface area contributed by atoms with Crippen molar-refractivity contribution in [1.82, 2.24) is 0 Å². The van der Waals surface area contributed by atoms with Gasteiger partial charge in [0.05, 0.1) is 12.0 Å². The maximum atomic E-state index is 14.6. The molecule has 1 aromatic rings. The highest BCUT2D eigenvalue weighted by Gasteiger charge is 2.51. The second-order valence-corrected chi connectivity index (χ2v) is 8.04. The van der Waals surface area contributed by atoms with Gasteiger partial charge in [0.25, 0.3) is 0 Å². The number of carbonyl (C=O) groups is 3. The number of ether oxygens (including phenoxy) is 2. The number of carbonyl (C=O) groups excluding carboxylic acids is 3. The summed E-state index contributed by atoms with van der Waals surface area (Å²) in [5, 5.41) is 0. The first-order chi connectivity index (χ1) is 13.8. The summed E-state index contributed by atoms with van der Waals surface area (Å²) < 4.78 is 25.7. The van der Waals surface area contributed by atoms with Crippen molar-refractivity contribution in [2.75, 3.05) is 0 Å². The van der Waals surface area contributed by atoms with Crippen LogP contribution in [0.5, 0.6) is 0 Å². The summed E-state index contributed by atoms with van der Waals surface area (Å²) in [6, 6.07) is 8.62. The third kappa shape index (κ3) is 4.92. The number of halogens is 1. The van der Waals surface area contributed by atoms with Crippen LogP contribution in [0.1, 0.15) is 56.3 Å². The Morgan fingerprint density at radius 3 is 2.72 bits per heavy atom. The van der Waals surface area contributed by atoms with E-state index in [9.17, 15) is 18.8 Å². The van der Waals surface area contributed by atoms with Gasteiger partial charge < -0.3 is 9.47 Å². The molecule has 29 heavy (non-hydrogen) atoms. The van der Waals surface area contributed by atoms with Crippen LogP contribution in [0.4, 0.5) is 4.39 Å². The average molecular weight is 402 g/mol. The van der Waals surface area contributed by atoms with E-state index in [4.69, 9.17) is 9.47 Å². The summed E-state index contributed by atoms with van der Waals surface area (Å²) in [7, 11) is 0. The molecule has 0 radical (unpaired) electrons. The highest BCUT2D eigenvalue weighted by atomic mass is 19.1. The topological polar surface area (TPSA) is 69.7 Å². The number of allylic oxidation sites excluding steroid dienone is 1. The normalized spacial score (nSPS) is 28.0. The van der Waals surface area contributed by atoms with Crippen LogP contribution < -0.4 is 0 Å². The fourth-order valence-electron chi connectivity index (χ4n) is 4.07. The highest BCUT2D eigenvalue weighted by Crippen LogP contribution is 2.43. The number of unbranched alkanes of at least 4 members (excludes halogenated alkanes) is 1. The molecule has 0 amide bonds. The summed E-state index contributed by atoms with van der Waals surface area (Å²) in [4.78, 5) is 36.5. The van der Waals surface area contributed by atoms with Gasteiger partial charge in [0.15, 0.2) is 11.5 Å². The van der Waals surface area contributed by atoms with Crippen LogP contribution in [0.15, 0.2) is 42.5 Å². The zero-order valence-electron chi connectivity index (χ0n) is 16.8. The first kappa shape index (κ1) is 21.2. The second-order valence-electron chi connectivity index (χ2n) is 8.04. The monoisotopic (exact) mass is 402 g/mol. The molecule has 1 aliphatic carbocycles. The second kappa shape index (κ2) is 8.89. The summed E-state index contributed by atoms with van der Waals surface area (Å²) in [6.07, 6.45) is 4.14. The summed E-state index contributed by atoms with van der Waals surface area (Å²) >= 11 is 0. The third-order valence-corrected chi connectivity index (χ3v) is 5.80. The van der Waals surface area contributed by atoms with Crippen LogP contribution in [-0.2, 0) is 19.1 Å². The fraction of sp³-hybridized carbons (Fsp3) is 0.522. The van der Waals surface area contributed by atoms with Gasteiger partial charge in [-0.3, -0.25) is 9.59 Å². The molecular formula is C23H27FO5. The Hall–Kier alpha value is -2.50. The number of benzene rings is 1. The lowest BCUT2D eigenvalue weighted by Crippen LogP contribution is -2.29. The Kier molecular flexibility index (Phi) is 6.50. The molecule has 0 aromatic heterocycles. The number of esters is 2. The Bertz CT molecular complexity index is 786. The fourth-order valence-corrected chi connectivity index (χ4v) is 4.07. The summed E-state index contributed by atoms with van der Waals surface area (Å²) in [5.74, 6) is -1.92. The van der Waals surface area contributed by atoms with Crippen molar-refractivity contribution in [1.29, 1.82) is 0 Å². The lowest BCUT2D eigenvalue weighted by Gasteiger charge is -2.21. The SMILES string of the molecule is CCCCC(C)(F)C(=O)C=C[C@@H]1[C@H]2CC(=O)O[C@H]2C[C@H]1OC(=O)c1ccccc1. The molecule has 1 unspecified atom stereocenters. The summed E-state index contributed by atoms with van der Waals surface area (Å²) in [5.41, 5.74) is -1.50. The van der Waals surface area contributed by atoms with Gasteiger partial charge in [0, 0.05) is 18.3 Å². The van der Waals surface area contributed by atoms with E-state index in [1.165, 1.54) is 13.0 Å². The number of fused-ring (bicyclic) bond motifs is 1. The van der Waals surface area contributed by atoms with E-state index < -0.39 is 23.5 Å². The molecule has 2 fully saturated rings. The van der Waals surface area contributed by atoms with Gasteiger partial charge >= 0.3 is 11.9 Å². The Balaban J connectivity index is 1.74. The Labute approximate surface area is 170 Å². The number of alkyl halides is 1. The van der Waals surface area contributed by atoms with Crippen LogP contribution in [0.3, 0.4) is 0 Å². The minimum atomic E-state index is -1.93. The number of hydrogen-bond donors (Lipinski definition) is 0. The smallest absolute Gasteiger partial charge is 0.338 e. The van der Waals surface area contributed by atoms with E-state index in [1.807, 2.05) is 6.92 Å². The van der Waals surface area contributed by atoms with Gasteiger partial charge in [0.1, 0.15) is 12.2 Å². The minimum Gasteiger partial charge on any atom is -0.462 e. The van der Waals surface area contributed by atoms with E-state index in [2.05, 4.69) is 0 Å². The Morgan fingerprint density at radius 2 is 2.03 bits per heavy atom. The van der Waals surface area contributed by atoms with Gasteiger partial charge in [-0.25, -0.2) is 9.18 Å². The van der Waals surface area contributed by atoms with Crippen molar-refractivity contribution in [2.45, 2.75) is 63.8 Å². The molecule has 0 N–H and O–H groups in total. The van der Waals surface area contributed by atoms with Gasteiger partial charge in [0.2, 0.25) is 0 Å². The van der Waals surface area contributed by atoms with Crippen LogP contribution in [0.2, 0.25) is 0 Å². The van der Waals surface area contributed by atoms with E-state index in [0.29, 0.717) is 18.4 Å². The molecular weight excluding hydrogens is 375 g/mol. The van der Waals surface area contributed by atoms with Crippen molar-refractivity contribution in [3.05, 3.63) is 48.0 Å². The number of hydrogen-bond acceptors (Lipinski definition) is 5. The lowest BCUT2D eigenvalue weighted by atomic mass is 9.89. The molecule has 1 saturated carbocycles. The van der Waals surface area contributed by atoms with Crippen molar-refractivity contribution >= 4 is 17.7 Å². The number of rotatable bonds is 8. The summed E-state index contributed by atoms with van der Waals surface area (Å²) in [6.45, 7) is 3.24. The quantitative estimate of drug-likeness (QED) is 0.481. The van der Waals surface area contributed by atoms with Crippen molar-refractivity contribution < 1.29 is 28.2 Å². The zero-order valence-corrected chi connectivity index (χ0v) is 16.8. The molecule has 1 aliphatic heterocycles. The molecule has 156 valence electrons. The minimum absolute atomic E-state index is 0.164. The molecule has 1 saturated heterocycles. The third-order valence-electron chi connectivity index (χ3n) is 5.80. The first-order valence-corrected chi connectivity index (χ1v) is 10.2. The van der Waals surface area contributed by atoms with Crippen molar-refractivity contribution in [3.63, 3.8) is 0 Å². The maximum Gasteiger partial charge on any atom is 0.338 e. The highest BCUT2D eigenvalue weighted by molar-refractivity contribution is 5.96. The molecule has 5 nitrogen and oxygen atoms in total. The van der Waals surface area contributed by atoms with E-state index in [0.717, 1.165) is 6.42 Å². The van der Waals surface area contributed by atoms with Crippen LogP contribution in [-0.4, -0.2) is 35.6 Å². The van der Waals surface area contributed by atoms with Crippen molar-refractivity contribution in [2.24, 2.45) is 11.8 Å². The van der Waals surface area contributed by atoms with Gasteiger partial charge in [-0.15, -0.1) is 0 Å². The van der Waals surface area contributed by atoms with E-state index >= 15 is 0 Å². The largest absolute Gasteiger partial charge is 0.462 e. The molecule has 6 heteroatoms. The molecule has 3 rings (SSSR count). The standard InChI is InChI=1S/C23H27FO5/c1-3-4-12-23(2,24)20(25)11-10-16-17-13-21(26)28-19(17)14-18(16)29-22(27)15-8-6-5-7-9-15/h5-11,16-19H,3-4,12-14H2,1-2H3/t16-,17-,18-,19+,23?/m1/s1. The van der Waals surface area contributed by atoms with Crippen LogP contribution in [0, 0.1) is 11.8 Å². The molecule has 0 bridgehead atoms. The van der Waals surface area contributed by atoms with Gasteiger partial charge in [-0.1, -0.05) is 44.0 Å². The molecule has 5 atom stereocenters. The van der Waals surface area contributed by atoms with Crippen LogP contribution in [0.25, 0.3) is 0 Å². The van der Waals surface area contributed by atoms with Crippen molar-refractivity contribution in [3.8, 4) is 0 Å². The molecule has 2 aliphatic rings. The average Bonchev–Trinajstić information content (AvgIpc) is 3.20. The predicted molar refractivity (Wildman–Crippen MR) is 105 cm³/mol.